The Morgan fingerprint density at radius 2 is 2.00 bits per heavy atom. The van der Waals surface area contributed by atoms with Crippen molar-refractivity contribution in [1.82, 2.24) is 5.32 Å². The lowest BCUT2D eigenvalue weighted by Gasteiger charge is -2.15. The highest BCUT2D eigenvalue weighted by atomic mass is 16.3. The van der Waals surface area contributed by atoms with Crippen molar-refractivity contribution >= 4 is 0 Å². The second-order valence-corrected chi connectivity index (χ2v) is 3.84. The van der Waals surface area contributed by atoms with Crippen LogP contribution < -0.4 is 5.32 Å². The maximum absolute atomic E-state index is 9.49. The van der Waals surface area contributed by atoms with Crippen LogP contribution >= 0.6 is 0 Å². The molecule has 0 amide bonds. The van der Waals surface area contributed by atoms with Crippen LogP contribution in [0.1, 0.15) is 38.5 Å². The highest BCUT2D eigenvalue weighted by Gasteiger charge is 2.23. The van der Waals surface area contributed by atoms with Crippen LogP contribution in [0.5, 0.6) is 0 Å². The van der Waals surface area contributed by atoms with Crippen LogP contribution in [-0.2, 0) is 0 Å². The molecule has 1 fully saturated rings. The molecular formula is C10H21NO2. The van der Waals surface area contributed by atoms with Crippen molar-refractivity contribution in [2.45, 2.75) is 50.7 Å². The SMILES string of the molecule is OCCCCCNC1CCCC1O. The van der Waals surface area contributed by atoms with Crippen LogP contribution in [0.15, 0.2) is 0 Å². The number of nitrogens with one attached hydrogen (secondary N) is 1. The van der Waals surface area contributed by atoms with Gasteiger partial charge in [-0.15, -0.1) is 0 Å². The molecule has 3 N–H and O–H groups in total. The Kier molecular flexibility index (Phi) is 5.35. The lowest BCUT2D eigenvalue weighted by molar-refractivity contribution is 0.149. The Hall–Kier alpha value is -0.120. The Morgan fingerprint density at radius 3 is 2.62 bits per heavy atom. The van der Waals surface area contributed by atoms with Gasteiger partial charge >= 0.3 is 0 Å². The summed E-state index contributed by atoms with van der Waals surface area (Å²) in [5.41, 5.74) is 0. The molecule has 0 bridgehead atoms. The number of hydrogen-bond donors (Lipinski definition) is 3. The Morgan fingerprint density at radius 1 is 1.15 bits per heavy atom. The maximum atomic E-state index is 9.49. The lowest BCUT2D eigenvalue weighted by atomic mass is 10.2. The van der Waals surface area contributed by atoms with Gasteiger partial charge < -0.3 is 15.5 Å². The normalized spacial score (nSPS) is 28.2. The zero-order valence-electron chi connectivity index (χ0n) is 8.21. The van der Waals surface area contributed by atoms with E-state index >= 15 is 0 Å². The quantitative estimate of drug-likeness (QED) is 0.535. The molecule has 0 saturated heterocycles. The molecule has 0 aromatic rings. The first-order valence-corrected chi connectivity index (χ1v) is 5.37. The fourth-order valence-electron chi connectivity index (χ4n) is 1.88. The smallest absolute Gasteiger partial charge is 0.0693 e. The number of hydrogen-bond acceptors (Lipinski definition) is 3. The minimum absolute atomic E-state index is 0.127. The summed E-state index contributed by atoms with van der Waals surface area (Å²) >= 11 is 0. The van der Waals surface area contributed by atoms with E-state index in [-0.39, 0.29) is 6.10 Å². The van der Waals surface area contributed by atoms with Gasteiger partial charge in [0.25, 0.3) is 0 Å². The van der Waals surface area contributed by atoms with E-state index in [2.05, 4.69) is 5.32 Å². The largest absolute Gasteiger partial charge is 0.396 e. The van der Waals surface area contributed by atoms with Crippen molar-refractivity contribution in [2.75, 3.05) is 13.2 Å². The van der Waals surface area contributed by atoms with Crippen molar-refractivity contribution in [3.8, 4) is 0 Å². The van der Waals surface area contributed by atoms with Crippen LogP contribution in [0.2, 0.25) is 0 Å². The number of aliphatic hydroxyl groups excluding tert-OH is 2. The summed E-state index contributed by atoms with van der Waals surface area (Å²) in [4.78, 5) is 0. The van der Waals surface area contributed by atoms with Gasteiger partial charge in [0.05, 0.1) is 6.10 Å². The van der Waals surface area contributed by atoms with Crippen molar-refractivity contribution in [1.29, 1.82) is 0 Å². The van der Waals surface area contributed by atoms with Gasteiger partial charge in [0.15, 0.2) is 0 Å². The summed E-state index contributed by atoms with van der Waals surface area (Å²) in [7, 11) is 0. The van der Waals surface area contributed by atoms with E-state index in [4.69, 9.17) is 5.11 Å². The summed E-state index contributed by atoms with van der Waals surface area (Å²) in [6.07, 6.45) is 6.16. The second kappa shape index (κ2) is 6.35. The van der Waals surface area contributed by atoms with Crippen LogP contribution in [-0.4, -0.2) is 35.5 Å². The maximum Gasteiger partial charge on any atom is 0.0693 e. The van der Waals surface area contributed by atoms with E-state index < -0.39 is 0 Å². The number of unbranched alkanes of at least 4 members (excludes halogenated alkanes) is 2. The molecule has 0 spiro atoms. The summed E-state index contributed by atoms with van der Waals surface area (Å²) < 4.78 is 0. The molecule has 1 aliphatic rings. The van der Waals surface area contributed by atoms with Crippen molar-refractivity contribution < 1.29 is 10.2 Å². The molecule has 0 radical (unpaired) electrons. The molecule has 3 heteroatoms. The molecule has 0 aromatic carbocycles. The third kappa shape index (κ3) is 4.07. The van der Waals surface area contributed by atoms with Gasteiger partial charge in [0.1, 0.15) is 0 Å². The highest BCUT2D eigenvalue weighted by molar-refractivity contribution is 4.82. The van der Waals surface area contributed by atoms with Crippen LogP contribution in [0.25, 0.3) is 0 Å². The molecule has 1 rings (SSSR count). The highest BCUT2D eigenvalue weighted by Crippen LogP contribution is 2.18. The van der Waals surface area contributed by atoms with Gasteiger partial charge in [-0.1, -0.05) is 0 Å². The molecule has 13 heavy (non-hydrogen) atoms. The molecular weight excluding hydrogens is 166 g/mol. The minimum Gasteiger partial charge on any atom is -0.396 e. The molecule has 0 heterocycles. The average Bonchev–Trinajstić information content (AvgIpc) is 2.52. The van der Waals surface area contributed by atoms with Gasteiger partial charge in [-0.05, 0) is 45.1 Å². The van der Waals surface area contributed by atoms with Gasteiger partial charge in [-0.3, -0.25) is 0 Å². The fourth-order valence-corrected chi connectivity index (χ4v) is 1.88. The molecule has 78 valence electrons. The average molecular weight is 187 g/mol. The van der Waals surface area contributed by atoms with E-state index in [0.29, 0.717) is 12.6 Å². The molecule has 0 aliphatic heterocycles. The van der Waals surface area contributed by atoms with E-state index in [1.54, 1.807) is 0 Å². The predicted molar refractivity (Wildman–Crippen MR) is 52.6 cm³/mol. The van der Waals surface area contributed by atoms with E-state index in [0.717, 1.165) is 45.1 Å². The standard InChI is InChI=1S/C10H21NO2/c12-8-3-1-2-7-11-9-5-4-6-10(9)13/h9-13H,1-8H2. The molecule has 0 aromatic heterocycles. The molecule has 2 atom stereocenters. The lowest BCUT2D eigenvalue weighted by Crippen LogP contribution is -2.36. The first-order valence-electron chi connectivity index (χ1n) is 5.37. The van der Waals surface area contributed by atoms with E-state index in [1.165, 1.54) is 0 Å². The van der Waals surface area contributed by atoms with Gasteiger partial charge in [-0.2, -0.15) is 0 Å². The third-order valence-electron chi connectivity index (χ3n) is 2.72. The summed E-state index contributed by atoms with van der Waals surface area (Å²) in [6.45, 7) is 1.27. The van der Waals surface area contributed by atoms with E-state index in [1.807, 2.05) is 0 Å². The topological polar surface area (TPSA) is 52.5 Å². The zero-order chi connectivity index (χ0) is 9.52. The Balaban J connectivity index is 1.93. The van der Waals surface area contributed by atoms with Gasteiger partial charge in [0.2, 0.25) is 0 Å². The molecule has 1 aliphatic carbocycles. The Bertz CT molecular complexity index is 130. The number of rotatable bonds is 6. The fraction of sp³-hybridized carbons (Fsp3) is 1.00. The summed E-state index contributed by atoms with van der Waals surface area (Å²) in [6, 6.07) is 0.328. The van der Waals surface area contributed by atoms with E-state index in [9.17, 15) is 5.11 Å². The minimum atomic E-state index is -0.127. The molecule has 2 unspecified atom stereocenters. The first-order chi connectivity index (χ1) is 6.34. The molecule has 3 nitrogen and oxygen atoms in total. The predicted octanol–water partition coefficient (Wildman–Crippen LogP) is 0.652. The van der Waals surface area contributed by atoms with Crippen molar-refractivity contribution in [2.24, 2.45) is 0 Å². The molecule has 1 saturated carbocycles. The zero-order valence-corrected chi connectivity index (χ0v) is 8.21. The second-order valence-electron chi connectivity index (χ2n) is 3.84. The summed E-state index contributed by atoms with van der Waals surface area (Å²) in [5.74, 6) is 0. The monoisotopic (exact) mass is 187 g/mol. The first kappa shape index (κ1) is 11.0. The van der Waals surface area contributed by atoms with Crippen molar-refractivity contribution in [3.05, 3.63) is 0 Å². The van der Waals surface area contributed by atoms with Crippen LogP contribution in [0.3, 0.4) is 0 Å². The Labute approximate surface area is 80.2 Å². The van der Waals surface area contributed by atoms with Crippen LogP contribution in [0.4, 0.5) is 0 Å². The van der Waals surface area contributed by atoms with Gasteiger partial charge in [0, 0.05) is 12.6 Å². The van der Waals surface area contributed by atoms with Crippen LogP contribution in [0, 0.1) is 0 Å². The summed E-state index contributed by atoms with van der Waals surface area (Å²) in [5, 5.41) is 21.4. The third-order valence-corrected chi connectivity index (χ3v) is 2.72. The van der Waals surface area contributed by atoms with Crippen molar-refractivity contribution in [3.63, 3.8) is 0 Å². The van der Waals surface area contributed by atoms with Gasteiger partial charge in [-0.25, -0.2) is 0 Å². The number of aliphatic hydroxyl groups is 2.